The second kappa shape index (κ2) is 5.66. The predicted molar refractivity (Wildman–Crippen MR) is 58.2 cm³/mol. The van der Waals surface area contributed by atoms with Crippen LogP contribution in [-0.4, -0.2) is 44.3 Å². The molecular formula is C7H16N4O4S. The zero-order chi connectivity index (χ0) is 12.9. The van der Waals surface area contributed by atoms with Crippen LogP contribution in [0, 0.1) is 5.41 Å². The maximum Gasteiger partial charge on any atom is 0.421 e. The molecule has 0 aromatic heterocycles. The summed E-state index contributed by atoms with van der Waals surface area (Å²) in [4.78, 5) is 10.8. The molecule has 94 valence electrons. The van der Waals surface area contributed by atoms with Crippen LogP contribution in [0.1, 0.15) is 13.8 Å². The smallest absolute Gasteiger partial charge is 0.421 e. The molecule has 0 saturated carbocycles. The fraction of sp³-hybridized carbons (Fsp3) is 0.714. The molecule has 0 bridgehead atoms. The van der Waals surface area contributed by atoms with Gasteiger partial charge in [-0.2, -0.15) is 12.7 Å². The van der Waals surface area contributed by atoms with Gasteiger partial charge in [0.05, 0.1) is 13.7 Å². The van der Waals surface area contributed by atoms with E-state index in [1.807, 2.05) is 0 Å². The molecule has 0 unspecified atom stereocenters. The van der Waals surface area contributed by atoms with E-state index in [9.17, 15) is 13.2 Å². The Balaban J connectivity index is 4.90. The van der Waals surface area contributed by atoms with Crippen molar-refractivity contribution in [1.29, 1.82) is 5.41 Å². The lowest BCUT2D eigenvalue weighted by atomic mass is 10.4. The average molecular weight is 252 g/mol. The predicted octanol–water partition coefficient (Wildman–Crippen LogP) is -0.766. The number of nitrogens with two attached hydrogens (primary N) is 1. The van der Waals surface area contributed by atoms with Crippen molar-refractivity contribution in [2.75, 3.05) is 13.7 Å². The minimum atomic E-state index is -4.04. The molecule has 9 heteroatoms. The third-order valence-electron chi connectivity index (χ3n) is 1.61. The molecule has 0 fully saturated rings. The number of ether oxygens (including phenoxy) is 1. The number of amides is 1. The number of amidine groups is 1. The van der Waals surface area contributed by atoms with Crippen molar-refractivity contribution in [1.82, 2.24) is 9.03 Å². The summed E-state index contributed by atoms with van der Waals surface area (Å²) < 4.78 is 30.0. The Hall–Kier alpha value is -1.35. The van der Waals surface area contributed by atoms with Crippen molar-refractivity contribution in [3.8, 4) is 0 Å². The van der Waals surface area contributed by atoms with Gasteiger partial charge in [0, 0.05) is 6.04 Å². The lowest BCUT2D eigenvalue weighted by Gasteiger charge is -2.24. The van der Waals surface area contributed by atoms with E-state index in [4.69, 9.17) is 11.1 Å². The molecule has 0 atom stereocenters. The Morgan fingerprint density at radius 1 is 1.56 bits per heavy atom. The van der Waals surface area contributed by atoms with E-state index in [1.165, 1.54) is 0 Å². The van der Waals surface area contributed by atoms with Gasteiger partial charge in [0.1, 0.15) is 5.84 Å². The standard InChI is InChI=1S/C7H16N4O4S/c1-5(2)11(4-6(8)9)16(13,14)10-7(12)15-3/h5H,4H2,1-3H3,(H3,8,9)(H,10,12). The van der Waals surface area contributed by atoms with Crippen LogP contribution >= 0.6 is 0 Å². The van der Waals surface area contributed by atoms with Crippen LogP contribution in [0.25, 0.3) is 0 Å². The Morgan fingerprint density at radius 2 is 2.06 bits per heavy atom. The molecular weight excluding hydrogens is 236 g/mol. The Morgan fingerprint density at radius 3 is 2.38 bits per heavy atom. The summed E-state index contributed by atoms with van der Waals surface area (Å²) in [6.07, 6.45) is -1.09. The monoisotopic (exact) mass is 252 g/mol. The number of rotatable bonds is 5. The van der Waals surface area contributed by atoms with Gasteiger partial charge >= 0.3 is 16.3 Å². The van der Waals surface area contributed by atoms with Gasteiger partial charge < -0.3 is 10.5 Å². The van der Waals surface area contributed by atoms with Crippen molar-refractivity contribution in [3.05, 3.63) is 0 Å². The van der Waals surface area contributed by atoms with E-state index in [-0.39, 0.29) is 12.4 Å². The van der Waals surface area contributed by atoms with Crippen LogP contribution in [0.15, 0.2) is 0 Å². The summed E-state index contributed by atoms with van der Waals surface area (Å²) in [6, 6.07) is -0.439. The molecule has 8 nitrogen and oxygen atoms in total. The van der Waals surface area contributed by atoms with Gasteiger partial charge in [0.2, 0.25) is 0 Å². The fourth-order valence-corrected chi connectivity index (χ4v) is 2.19. The lowest BCUT2D eigenvalue weighted by molar-refractivity contribution is 0.176. The summed E-state index contributed by atoms with van der Waals surface area (Å²) in [7, 11) is -2.99. The quantitative estimate of drug-likeness (QED) is 0.437. The highest BCUT2D eigenvalue weighted by atomic mass is 32.2. The Labute approximate surface area is 94.4 Å². The van der Waals surface area contributed by atoms with E-state index >= 15 is 0 Å². The molecule has 0 saturated heterocycles. The van der Waals surface area contributed by atoms with Crippen molar-refractivity contribution in [3.63, 3.8) is 0 Å². The molecule has 0 aromatic carbocycles. The van der Waals surface area contributed by atoms with Gasteiger partial charge in [-0.1, -0.05) is 0 Å². The fourth-order valence-electron chi connectivity index (χ4n) is 0.919. The van der Waals surface area contributed by atoms with E-state index in [2.05, 4.69) is 4.74 Å². The number of hydrogen-bond acceptors (Lipinski definition) is 5. The normalized spacial score (nSPS) is 11.6. The first-order valence-corrected chi connectivity index (χ1v) is 5.85. The van der Waals surface area contributed by atoms with Gasteiger partial charge in [-0.3, -0.25) is 5.41 Å². The first-order chi connectivity index (χ1) is 7.20. The Bertz CT molecular complexity index is 365. The number of carbonyl (C=O) groups excluding carboxylic acids is 1. The van der Waals surface area contributed by atoms with Crippen LogP contribution in [0.3, 0.4) is 0 Å². The number of carbonyl (C=O) groups is 1. The highest BCUT2D eigenvalue weighted by Gasteiger charge is 2.27. The summed E-state index contributed by atoms with van der Waals surface area (Å²) in [5.74, 6) is -0.316. The van der Waals surface area contributed by atoms with Crippen LogP contribution in [0.2, 0.25) is 0 Å². The van der Waals surface area contributed by atoms with Crippen LogP contribution in [0.4, 0.5) is 4.79 Å². The molecule has 0 aromatic rings. The van der Waals surface area contributed by atoms with E-state index in [0.29, 0.717) is 0 Å². The first-order valence-electron chi connectivity index (χ1n) is 4.41. The molecule has 0 aliphatic carbocycles. The Kier molecular flexibility index (Phi) is 5.18. The second-order valence-electron chi connectivity index (χ2n) is 3.26. The molecule has 4 N–H and O–H groups in total. The minimum absolute atomic E-state index is 0.288. The topological polar surface area (TPSA) is 126 Å². The number of hydrogen-bond donors (Lipinski definition) is 3. The maximum absolute atomic E-state index is 11.6. The van der Waals surface area contributed by atoms with Crippen LogP contribution in [0.5, 0.6) is 0 Å². The van der Waals surface area contributed by atoms with Gasteiger partial charge in [0.15, 0.2) is 0 Å². The molecule has 0 spiro atoms. The molecule has 0 heterocycles. The number of nitrogens with zero attached hydrogens (tertiary/aromatic N) is 1. The minimum Gasteiger partial charge on any atom is -0.452 e. The van der Waals surface area contributed by atoms with Crippen molar-refractivity contribution < 1.29 is 17.9 Å². The second-order valence-corrected chi connectivity index (χ2v) is 4.89. The van der Waals surface area contributed by atoms with Gasteiger partial charge in [-0.25, -0.2) is 9.52 Å². The molecule has 16 heavy (non-hydrogen) atoms. The summed E-state index contributed by atoms with van der Waals surface area (Å²) in [5.41, 5.74) is 5.12. The number of nitrogens with one attached hydrogen (secondary N) is 2. The largest absolute Gasteiger partial charge is 0.452 e. The molecule has 0 rings (SSSR count). The molecule has 1 amide bonds. The van der Waals surface area contributed by atoms with E-state index in [1.54, 1.807) is 18.6 Å². The van der Waals surface area contributed by atoms with Crippen molar-refractivity contribution >= 4 is 22.1 Å². The zero-order valence-corrected chi connectivity index (χ0v) is 10.2. The SMILES string of the molecule is COC(=O)NS(=O)(=O)N(CC(=N)N)C(C)C. The molecule has 0 aliphatic heterocycles. The summed E-state index contributed by atoms with van der Waals surface area (Å²) in [5, 5.41) is 7.05. The highest BCUT2D eigenvalue weighted by molar-refractivity contribution is 7.87. The van der Waals surface area contributed by atoms with E-state index in [0.717, 1.165) is 11.4 Å². The maximum atomic E-state index is 11.6. The zero-order valence-electron chi connectivity index (χ0n) is 9.35. The third kappa shape index (κ3) is 4.45. The van der Waals surface area contributed by atoms with E-state index < -0.39 is 22.3 Å². The third-order valence-corrected chi connectivity index (χ3v) is 3.20. The summed E-state index contributed by atoms with van der Waals surface area (Å²) in [6.45, 7) is 2.91. The van der Waals surface area contributed by atoms with Crippen molar-refractivity contribution in [2.24, 2.45) is 5.73 Å². The molecule has 0 radical (unpaired) electrons. The van der Waals surface area contributed by atoms with Crippen LogP contribution in [-0.2, 0) is 14.9 Å². The summed E-state index contributed by atoms with van der Waals surface area (Å²) >= 11 is 0. The van der Waals surface area contributed by atoms with Gasteiger partial charge in [0.25, 0.3) is 0 Å². The van der Waals surface area contributed by atoms with Gasteiger partial charge in [-0.15, -0.1) is 0 Å². The number of methoxy groups -OCH3 is 1. The average Bonchev–Trinajstić information content (AvgIpc) is 2.12. The van der Waals surface area contributed by atoms with Crippen molar-refractivity contribution in [2.45, 2.75) is 19.9 Å². The van der Waals surface area contributed by atoms with Crippen LogP contribution < -0.4 is 10.5 Å². The molecule has 0 aliphatic rings. The van der Waals surface area contributed by atoms with Gasteiger partial charge in [-0.05, 0) is 13.8 Å². The lowest BCUT2D eigenvalue weighted by Crippen LogP contribution is -2.49. The first kappa shape index (κ1) is 14.6. The highest BCUT2D eigenvalue weighted by Crippen LogP contribution is 2.04.